The minimum atomic E-state index is -0.433. The van der Waals surface area contributed by atoms with Crippen LogP contribution in [0.4, 0.5) is 0 Å². The van der Waals surface area contributed by atoms with Crippen molar-refractivity contribution >= 4 is 29.1 Å². The summed E-state index contributed by atoms with van der Waals surface area (Å²) in [5.74, 6) is 0.478. The molecule has 154 valence electrons. The van der Waals surface area contributed by atoms with Gasteiger partial charge in [-0.1, -0.05) is 12.1 Å². The van der Waals surface area contributed by atoms with Gasteiger partial charge in [0.05, 0.1) is 6.10 Å². The lowest BCUT2D eigenvalue weighted by Gasteiger charge is -2.13. The predicted molar refractivity (Wildman–Crippen MR) is 115 cm³/mol. The minimum absolute atomic E-state index is 0.0300. The molecule has 2 rings (SSSR count). The molecule has 0 aliphatic heterocycles. The largest absolute Gasteiger partial charge is 0.491 e. The van der Waals surface area contributed by atoms with E-state index in [1.54, 1.807) is 30.3 Å². The molecule has 0 atom stereocenters. The first-order valence-corrected chi connectivity index (χ1v) is 9.53. The second-order valence-electron chi connectivity index (χ2n) is 6.63. The van der Waals surface area contributed by atoms with Crippen LogP contribution in [0.1, 0.15) is 35.3 Å². The molecular formula is C21H25N3O4S. The highest BCUT2D eigenvalue weighted by atomic mass is 32.1. The van der Waals surface area contributed by atoms with Crippen molar-refractivity contribution < 1.29 is 19.1 Å². The van der Waals surface area contributed by atoms with Crippen molar-refractivity contribution in [2.45, 2.75) is 33.8 Å². The van der Waals surface area contributed by atoms with Gasteiger partial charge in [-0.15, -0.1) is 0 Å². The molecule has 0 aliphatic carbocycles. The smallest absolute Gasteiger partial charge is 0.276 e. The van der Waals surface area contributed by atoms with E-state index in [-0.39, 0.29) is 17.8 Å². The summed E-state index contributed by atoms with van der Waals surface area (Å²) in [6.45, 7) is 7.55. The van der Waals surface area contributed by atoms with Crippen molar-refractivity contribution in [3.8, 4) is 11.5 Å². The Morgan fingerprint density at radius 3 is 2.38 bits per heavy atom. The molecule has 2 aromatic rings. The van der Waals surface area contributed by atoms with Crippen LogP contribution >= 0.6 is 12.2 Å². The van der Waals surface area contributed by atoms with Gasteiger partial charge in [0.1, 0.15) is 11.5 Å². The minimum Gasteiger partial charge on any atom is -0.491 e. The molecule has 0 spiro atoms. The summed E-state index contributed by atoms with van der Waals surface area (Å²) in [5, 5.41) is 2.46. The number of benzene rings is 2. The van der Waals surface area contributed by atoms with Gasteiger partial charge < -0.3 is 9.47 Å². The van der Waals surface area contributed by atoms with Crippen LogP contribution in [0.25, 0.3) is 0 Å². The molecule has 8 heteroatoms. The van der Waals surface area contributed by atoms with Crippen LogP contribution in [0.15, 0.2) is 42.5 Å². The Hall–Kier alpha value is -3.13. The SMILES string of the molecule is Cc1cccc(OCC(=O)NNC(=S)NC(=O)c2ccc(OC(C)C)cc2)c1C. The van der Waals surface area contributed by atoms with Crippen molar-refractivity contribution in [3.05, 3.63) is 59.2 Å². The summed E-state index contributed by atoms with van der Waals surface area (Å²) in [5.41, 5.74) is 7.32. The highest BCUT2D eigenvalue weighted by molar-refractivity contribution is 7.80. The number of carbonyl (C=O) groups excluding carboxylic acids is 2. The number of amides is 2. The summed E-state index contributed by atoms with van der Waals surface area (Å²) in [7, 11) is 0. The van der Waals surface area contributed by atoms with Crippen molar-refractivity contribution in [2.75, 3.05) is 6.61 Å². The van der Waals surface area contributed by atoms with E-state index < -0.39 is 11.8 Å². The lowest BCUT2D eigenvalue weighted by atomic mass is 10.1. The fourth-order valence-electron chi connectivity index (χ4n) is 2.35. The van der Waals surface area contributed by atoms with E-state index in [4.69, 9.17) is 21.7 Å². The first-order valence-electron chi connectivity index (χ1n) is 9.12. The van der Waals surface area contributed by atoms with Crippen LogP contribution in [-0.4, -0.2) is 29.6 Å². The van der Waals surface area contributed by atoms with Crippen molar-refractivity contribution in [1.29, 1.82) is 0 Å². The lowest BCUT2D eigenvalue weighted by Crippen LogP contribution is -2.49. The van der Waals surface area contributed by atoms with E-state index >= 15 is 0 Å². The summed E-state index contributed by atoms with van der Waals surface area (Å²) in [6, 6.07) is 12.3. The monoisotopic (exact) mass is 415 g/mol. The van der Waals surface area contributed by atoms with Crippen LogP contribution in [0.3, 0.4) is 0 Å². The Morgan fingerprint density at radius 2 is 1.72 bits per heavy atom. The van der Waals surface area contributed by atoms with Gasteiger partial charge in [-0.2, -0.15) is 0 Å². The summed E-state index contributed by atoms with van der Waals surface area (Å²) >= 11 is 5.02. The molecule has 3 N–H and O–H groups in total. The fourth-order valence-corrected chi connectivity index (χ4v) is 2.49. The average molecular weight is 416 g/mol. The number of thiocarbonyl (C=S) groups is 1. The molecule has 0 aromatic heterocycles. The normalized spacial score (nSPS) is 10.2. The number of hydrogen-bond donors (Lipinski definition) is 3. The summed E-state index contributed by atoms with van der Waals surface area (Å²) in [4.78, 5) is 24.1. The van der Waals surface area contributed by atoms with Gasteiger partial charge in [0.15, 0.2) is 11.7 Å². The summed E-state index contributed by atoms with van der Waals surface area (Å²) in [6.07, 6.45) is 0.0499. The lowest BCUT2D eigenvalue weighted by molar-refractivity contribution is -0.123. The van der Waals surface area contributed by atoms with E-state index in [1.807, 2.05) is 39.8 Å². The van der Waals surface area contributed by atoms with E-state index in [0.717, 1.165) is 11.1 Å². The molecule has 0 radical (unpaired) electrons. The number of nitrogens with one attached hydrogen (secondary N) is 3. The number of ether oxygens (including phenoxy) is 2. The highest BCUT2D eigenvalue weighted by Gasteiger charge is 2.10. The van der Waals surface area contributed by atoms with Crippen LogP contribution < -0.4 is 25.6 Å². The molecule has 29 heavy (non-hydrogen) atoms. The molecule has 0 aliphatic rings. The maximum atomic E-state index is 12.2. The molecule has 0 heterocycles. The second kappa shape index (κ2) is 10.4. The Balaban J connectivity index is 1.76. The van der Waals surface area contributed by atoms with Crippen LogP contribution in [-0.2, 0) is 4.79 Å². The zero-order valence-corrected chi connectivity index (χ0v) is 17.7. The second-order valence-corrected chi connectivity index (χ2v) is 7.04. The maximum Gasteiger partial charge on any atom is 0.276 e. The molecule has 7 nitrogen and oxygen atoms in total. The van der Waals surface area contributed by atoms with Crippen molar-refractivity contribution in [2.24, 2.45) is 0 Å². The number of rotatable bonds is 6. The topological polar surface area (TPSA) is 88.7 Å². The number of hydrogen-bond acceptors (Lipinski definition) is 5. The third kappa shape index (κ3) is 7.08. The summed E-state index contributed by atoms with van der Waals surface area (Å²) < 4.78 is 11.0. The molecule has 0 saturated carbocycles. The molecule has 2 aromatic carbocycles. The zero-order chi connectivity index (χ0) is 21.4. The maximum absolute atomic E-state index is 12.2. The molecule has 0 fully saturated rings. The average Bonchev–Trinajstić information content (AvgIpc) is 2.67. The van der Waals surface area contributed by atoms with E-state index in [9.17, 15) is 9.59 Å². The number of carbonyl (C=O) groups is 2. The standard InChI is InChI=1S/C21H25N3O4S/c1-13(2)28-17-10-8-16(9-11-17)20(26)22-21(29)24-23-19(25)12-27-18-7-5-6-14(3)15(18)4/h5-11,13H,12H2,1-4H3,(H,23,25)(H2,22,24,26,29). The van der Waals surface area contributed by atoms with Gasteiger partial charge in [-0.05, 0) is 81.4 Å². The van der Waals surface area contributed by atoms with E-state index in [2.05, 4.69) is 16.2 Å². The van der Waals surface area contributed by atoms with Crippen LogP contribution in [0.2, 0.25) is 0 Å². The molecular weight excluding hydrogens is 390 g/mol. The first-order chi connectivity index (χ1) is 13.8. The van der Waals surface area contributed by atoms with Crippen molar-refractivity contribution in [3.63, 3.8) is 0 Å². The highest BCUT2D eigenvalue weighted by Crippen LogP contribution is 2.20. The molecule has 2 amide bonds. The fraction of sp³-hybridized carbons (Fsp3) is 0.286. The molecule has 0 saturated heterocycles. The van der Waals surface area contributed by atoms with Crippen molar-refractivity contribution in [1.82, 2.24) is 16.2 Å². The third-order valence-electron chi connectivity index (χ3n) is 3.94. The van der Waals surface area contributed by atoms with Gasteiger partial charge in [-0.25, -0.2) is 0 Å². The Labute approximate surface area is 175 Å². The molecule has 0 bridgehead atoms. The van der Waals surface area contributed by atoms with Gasteiger partial charge in [-0.3, -0.25) is 25.8 Å². The zero-order valence-electron chi connectivity index (χ0n) is 16.9. The third-order valence-corrected chi connectivity index (χ3v) is 4.15. The van der Waals surface area contributed by atoms with E-state index in [0.29, 0.717) is 17.1 Å². The van der Waals surface area contributed by atoms with Gasteiger partial charge in [0.2, 0.25) is 0 Å². The number of hydrazine groups is 1. The molecule has 0 unspecified atom stereocenters. The predicted octanol–water partition coefficient (Wildman–Crippen LogP) is 2.81. The Kier molecular flexibility index (Phi) is 7.97. The Morgan fingerprint density at radius 1 is 1.03 bits per heavy atom. The van der Waals surface area contributed by atoms with Gasteiger partial charge >= 0.3 is 0 Å². The van der Waals surface area contributed by atoms with E-state index in [1.165, 1.54) is 0 Å². The quantitative estimate of drug-likeness (QED) is 0.497. The van der Waals surface area contributed by atoms with Crippen LogP contribution in [0, 0.1) is 13.8 Å². The van der Waals surface area contributed by atoms with Gasteiger partial charge in [0, 0.05) is 5.56 Å². The van der Waals surface area contributed by atoms with Gasteiger partial charge in [0.25, 0.3) is 11.8 Å². The number of aryl methyl sites for hydroxylation is 1. The Bertz CT molecular complexity index is 882. The first kappa shape index (κ1) is 22.2. The van der Waals surface area contributed by atoms with Crippen LogP contribution in [0.5, 0.6) is 11.5 Å².